The normalized spacial score (nSPS) is 16.9. The third-order valence-electron chi connectivity index (χ3n) is 9.95. The Morgan fingerprint density at radius 3 is 1.94 bits per heavy atom. The second-order valence-electron chi connectivity index (χ2n) is 12.9. The zero-order valence-electron chi connectivity index (χ0n) is 27.7. The van der Waals surface area contributed by atoms with E-state index in [1.807, 2.05) is 62.4 Å². The summed E-state index contributed by atoms with van der Waals surface area (Å²) in [5.41, 5.74) is 4.31. The molecule has 4 rings (SSSR count). The Hall–Kier alpha value is -4.41. The van der Waals surface area contributed by atoms with Gasteiger partial charge >= 0.3 is 18.0 Å². The van der Waals surface area contributed by atoms with E-state index in [2.05, 4.69) is 5.32 Å². The number of carboxylic acid groups (broad SMARTS) is 2. The summed E-state index contributed by atoms with van der Waals surface area (Å²) in [6, 6.07) is 12.3. The van der Waals surface area contributed by atoms with Crippen LogP contribution < -0.4 is 5.32 Å². The van der Waals surface area contributed by atoms with Crippen LogP contribution in [-0.4, -0.2) is 88.7 Å². The maximum absolute atomic E-state index is 14.1. The fourth-order valence-electron chi connectivity index (χ4n) is 6.93. The minimum atomic E-state index is -1.60. The van der Waals surface area contributed by atoms with Crippen LogP contribution in [0.5, 0.6) is 0 Å². The highest BCUT2D eigenvalue weighted by atomic mass is 16.5. The summed E-state index contributed by atoms with van der Waals surface area (Å²) in [5, 5.41) is 21.8. The molecule has 0 heterocycles. The summed E-state index contributed by atoms with van der Waals surface area (Å²) in [7, 11) is 2.75. The predicted molar refractivity (Wildman–Crippen MR) is 176 cm³/mol. The number of nitrogens with one attached hydrogen (secondary N) is 1. The van der Waals surface area contributed by atoms with E-state index in [0.29, 0.717) is 12.8 Å². The van der Waals surface area contributed by atoms with Crippen LogP contribution in [0.3, 0.4) is 0 Å². The van der Waals surface area contributed by atoms with Gasteiger partial charge in [-0.25, -0.2) is 9.59 Å². The van der Waals surface area contributed by atoms with Crippen molar-refractivity contribution in [2.24, 2.45) is 11.8 Å². The molecule has 11 nitrogen and oxygen atoms in total. The number of hydrogen-bond acceptors (Lipinski definition) is 6. The van der Waals surface area contributed by atoms with Gasteiger partial charge in [0.25, 0.3) is 0 Å². The molecule has 4 atom stereocenters. The fourth-order valence-corrected chi connectivity index (χ4v) is 6.93. The van der Waals surface area contributed by atoms with Crippen LogP contribution in [0.25, 0.3) is 11.1 Å². The van der Waals surface area contributed by atoms with Crippen molar-refractivity contribution in [3.8, 4) is 11.1 Å². The molecule has 0 aromatic heterocycles. The maximum Gasteiger partial charge on any atom is 0.407 e. The lowest BCUT2D eigenvalue weighted by Gasteiger charge is -2.37. The van der Waals surface area contributed by atoms with E-state index in [0.717, 1.165) is 59.3 Å². The third kappa shape index (κ3) is 8.31. The summed E-state index contributed by atoms with van der Waals surface area (Å²) in [6.45, 7) is 3.80. The molecule has 11 heteroatoms. The highest BCUT2D eigenvalue weighted by Crippen LogP contribution is 2.44. The molecule has 2 aromatic rings. The van der Waals surface area contributed by atoms with Gasteiger partial charge in [-0.3, -0.25) is 14.4 Å². The summed E-state index contributed by atoms with van der Waals surface area (Å²) >= 11 is 0. The molecule has 0 bridgehead atoms. The molecule has 1 saturated carbocycles. The first-order valence-electron chi connectivity index (χ1n) is 16.5. The zero-order chi connectivity index (χ0) is 34.2. The van der Waals surface area contributed by atoms with Crippen LogP contribution in [0.1, 0.15) is 82.3 Å². The summed E-state index contributed by atoms with van der Waals surface area (Å²) in [4.78, 5) is 66.9. The molecule has 0 saturated heterocycles. The number of alkyl carbamates (subject to hydrolysis) is 1. The van der Waals surface area contributed by atoms with E-state index in [-0.39, 0.29) is 24.4 Å². The number of carboxylic acids is 2. The maximum atomic E-state index is 14.1. The number of rotatable bonds is 14. The highest BCUT2D eigenvalue weighted by Gasteiger charge is 2.40. The van der Waals surface area contributed by atoms with Crippen molar-refractivity contribution in [2.75, 3.05) is 20.7 Å². The van der Waals surface area contributed by atoms with Gasteiger partial charge in [0.1, 0.15) is 24.7 Å². The summed E-state index contributed by atoms with van der Waals surface area (Å²) in [5.74, 6) is -4.27. The van der Waals surface area contributed by atoms with Crippen molar-refractivity contribution in [1.82, 2.24) is 15.1 Å². The minimum Gasteiger partial charge on any atom is -0.481 e. The van der Waals surface area contributed by atoms with Crippen LogP contribution in [0, 0.1) is 11.8 Å². The van der Waals surface area contributed by atoms with E-state index in [9.17, 15) is 34.2 Å². The lowest BCUT2D eigenvalue weighted by atomic mass is 9.84. The SMILES string of the molecule is CC[C@H](C)[C@H](NC(=O)OCC1c2ccccc2-c2ccccc21)C(=O)N(C)[C@@H](CC1CCCCC1)C(=O)N(C)[C@@H](CC(=O)O)C(=O)O. The average Bonchev–Trinajstić information content (AvgIpc) is 3.39. The standard InChI is InChI=1S/C36H47N3O8/c1-5-22(2)32(37-36(46)47-21-28-26-17-11-9-15-24(26)25-16-10-12-18-27(25)28)34(43)38(3)29(19-23-13-7-6-8-14-23)33(42)39(4)30(35(44)45)20-31(40)41/h9-12,15-18,22-23,28-30,32H,5-8,13-14,19-21H2,1-4H3,(H,37,46)(H,40,41)(H,44,45)/t22-,29-,30-,32-/m0/s1. The molecule has 1 fully saturated rings. The number of hydrogen-bond donors (Lipinski definition) is 3. The van der Waals surface area contributed by atoms with Gasteiger partial charge < -0.3 is 30.1 Å². The lowest BCUT2D eigenvalue weighted by Crippen LogP contribution is -2.58. The molecule has 2 aliphatic carbocycles. The van der Waals surface area contributed by atoms with E-state index in [1.165, 1.54) is 19.0 Å². The lowest BCUT2D eigenvalue weighted by molar-refractivity contribution is -0.157. The van der Waals surface area contributed by atoms with Crippen LogP contribution in [0.15, 0.2) is 48.5 Å². The van der Waals surface area contributed by atoms with E-state index in [4.69, 9.17) is 4.74 Å². The van der Waals surface area contributed by atoms with Crippen molar-refractivity contribution >= 4 is 29.8 Å². The number of carbonyl (C=O) groups excluding carboxylic acids is 3. The Morgan fingerprint density at radius 1 is 0.851 bits per heavy atom. The van der Waals surface area contributed by atoms with Crippen molar-refractivity contribution in [1.29, 1.82) is 0 Å². The molecule has 3 N–H and O–H groups in total. The van der Waals surface area contributed by atoms with Crippen molar-refractivity contribution < 1.29 is 38.9 Å². The first-order valence-corrected chi connectivity index (χ1v) is 16.5. The van der Waals surface area contributed by atoms with Crippen molar-refractivity contribution in [3.05, 3.63) is 59.7 Å². The van der Waals surface area contributed by atoms with Gasteiger partial charge in [-0.15, -0.1) is 0 Å². The van der Waals surface area contributed by atoms with Gasteiger partial charge in [-0.1, -0.05) is 101 Å². The average molecular weight is 650 g/mol. The predicted octanol–water partition coefficient (Wildman–Crippen LogP) is 5.12. The molecule has 0 unspecified atom stereocenters. The van der Waals surface area contributed by atoms with Gasteiger partial charge in [0.15, 0.2) is 0 Å². The number of likely N-dealkylation sites (N-methyl/N-ethyl adjacent to an activating group) is 2. The number of amides is 3. The first kappa shape index (κ1) is 35.4. The van der Waals surface area contributed by atoms with Crippen LogP contribution in [0.4, 0.5) is 4.79 Å². The van der Waals surface area contributed by atoms with Crippen LogP contribution >= 0.6 is 0 Å². The molecule has 47 heavy (non-hydrogen) atoms. The summed E-state index contributed by atoms with van der Waals surface area (Å²) < 4.78 is 5.74. The summed E-state index contributed by atoms with van der Waals surface area (Å²) in [6.07, 6.45) is 4.16. The van der Waals surface area contributed by atoms with E-state index >= 15 is 0 Å². The number of benzene rings is 2. The van der Waals surface area contributed by atoms with Gasteiger partial charge in [-0.2, -0.15) is 0 Å². The molecule has 3 amide bonds. The molecule has 2 aliphatic rings. The monoisotopic (exact) mass is 649 g/mol. The smallest absolute Gasteiger partial charge is 0.407 e. The first-order chi connectivity index (χ1) is 22.4. The molecular weight excluding hydrogens is 602 g/mol. The number of aliphatic carboxylic acids is 2. The molecule has 2 aromatic carbocycles. The molecule has 0 radical (unpaired) electrons. The largest absolute Gasteiger partial charge is 0.481 e. The van der Waals surface area contributed by atoms with E-state index in [1.54, 1.807) is 0 Å². The second kappa shape index (κ2) is 15.9. The Bertz CT molecular complexity index is 1410. The van der Waals surface area contributed by atoms with E-state index < -0.39 is 54.4 Å². The number of ether oxygens (including phenoxy) is 1. The van der Waals surface area contributed by atoms with Gasteiger partial charge in [0.2, 0.25) is 11.8 Å². The van der Waals surface area contributed by atoms with Crippen LogP contribution in [0.2, 0.25) is 0 Å². The second-order valence-corrected chi connectivity index (χ2v) is 12.9. The Morgan fingerprint density at radius 2 is 1.40 bits per heavy atom. The quantitative estimate of drug-likeness (QED) is 0.255. The number of fused-ring (bicyclic) bond motifs is 3. The van der Waals surface area contributed by atoms with Crippen LogP contribution in [-0.2, 0) is 23.9 Å². The van der Waals surface area contributed by atoms with Gasteiger partial charge in [0, 0.05) is 20.0 Å². The molecule has 254 valence electrons. The van der Waals surface area contributed by atoms with Gasteiger partial charge in [-0.05, 0) is 40.5 Å². The minimum absolute atomic E-state index is 0.0743. The Kier molecular flexibility index (Phi) is 12.0. The Labute approximate surface area is 276 Å². The molecule has 0 spiro atoms. The highest BCUT2D eigenvalue weighted by molar-refractivity contribution is 5.93. The molecular formula is C36H47N3O8. The third-order valence-corrected chi connectivity index (χ3v) is 9.95. The fraction of sp³-hybridized carbons (Fsp3) is 0.528. The van der Waals surface area contributed by atoms with Gasteiger partial charge in [0.05, 0.1) is 6.42 Å². The number of carbonyl (C=O) groups is 5. The number of nitrogens with zero attached hydrogens (tertiary/aromatic N) is 2. The van der Waals surface area contributed by atoms with Crippen molar-refractivity contribution in [2.45, 2.75) is 89.3 Å². The molecule has 0 aliphatic heterocycles. The zero-order valence-corrected chi connectivity index (χ0v) is 27.7. The van der Waals surface area contributed by atoms with Crippen molar-refractivity contribution in [3.63, 3.8) is 0 Å². The Balaban J connectivity index is 1.52. The topological polar surface area (TPSA) is 154 Å².